The van der Waals surface area contributed by atoms with Crippen LogP contribution in [0.4, 0.5) is 15.8 Å². The van der Waals surface area contributed by atoms with Crippen LogP contribution in [0.1, 0.15) is 23.3 Å². The quantitative estimate of drug-likeness (QED) is 0.343. The number of carbonyl (C=O) groups excluding carboxylic acids is 2. The van der Waals surface area contributed by atoms with Crippen molar-refractivity contribution in [3.05, 3.63) is 48.2 Å². The molecule has 7 heteroatoms. The molecule has 138 valence electrons. The average molecular weight is 380 g/mol. The molecule has 3 rings (SSSR count). The van der Waals surface area contributed by atoms with E-state index in [4.69, 9.17) is 12.2 Å². The SMILES string of the molecule is C#CCCC=O.CNc1sc(Nc2ccc3ccccc3c2)nc1C(N)=O. The van der Waals surface area contributed by atoms with Gasteiger partial charge in [-0.25, -0.2) is 4.98 Å². The number of aromatic nitrogens is 1. The third kappa shape index (κ3) is 5.56. The van der Waals surface area contributed by atoms with E-state index < -0.39 is 5.91 Å². The van der Waals surface area contributed by atoms with Gasteiger partial charge in [0.25, 0.3) is 5.91 Å². The Kier molecular flexibility index (Phi) is 7.35. The molecule has 0 atom stereocenters. The fourth-order valence-electron chi connectivity index (χ4n) is 2.24. The molecule has 1 aromatic heterocycles. The lowest BCUT2D eigenvalue weighted by Crippen LogP contribution is -2.13. The number of primary amides is 1. The van der Waals surface area contributed by atoms with Crippen LogP contribution in [0.25, 0.3) is 10.8 Å². The van der Waals surface area contributed by atoms with Crippen LogP contribution >= 0.6 is 11.3 Å². The zero-order chi connectivity index (χ0) is 19.6. The molecule has 27 heavy (non-hydrogen) atoms. The van der Waals surface area contributed by atoms with E-state index in [-0.39, 0.29) is 5.69 Å². The van der Waals surface area contributed by atoms with Gasteiger partial charge >= 0.3 is 0 Å². The second-order valence-corrected chi connectivity index (χ2v) is 6.41. The second-order valence-electron chi connectivity index (χ2n) is 5.41. The number of fused-ring (bicyclic) bond motifs is 1. The Balaban J connectivity index is 0.000000380. The molecule has 0 bridgehead atoms. The van der Waals surface area contributed by atoms with Crippen molar-refractivity contribution in [3.63, 3.8) is 0 Å². The average Bonchev–Trinajstić information content (AvgIpc) is 3.10. The molecular formula is C20H20N4O2S. The lowest BCUT2D eigenvalue weighted by Gasteiger charge is -2.04. The number of hydrogen-bond acceptors (Lipinski definition) is 6. The van der Waals surface area contributed by atoms with Gasteiger partial charge in [0.2, 0.25) is 0 Å². The third-order valence-electron chi connectivity index (χ3n) is 3.49. The first-order valence-corrected chi connectivity index (χ1v) is 9.02. The van der Waals surface area contributed by atoms with Crippen molar-refractivity contribution in [2.75, 3.05) is 17.7 Å². The number of aldehydes is 1. The van der Waals surface area contributed by atoms with Gasteiger partial charge in [0.05, 0.1) is 0 Å². The Morgan fingerprint density at radius 1 is 1.30 bits per heavy atom. The zero-order valence-electron chi connectivity index (χ0n) is 14.9. The van der Waals surface area contributed by atoms with Crippen LogP contribution in [0.5, 0.6) is 0 Å². The normalized spacial score (nSPS) is 9.63. The molecule has 0 spiro atoms. The van der Waals surface area contributed by atoms with E-state index in [1.807, 2.05) is 30.3 Å². The molecule has 0 aliphatic heterocycles. The van der Waals surface area contributed by atoms with E-state index in [1.54, 1.807) is 7.05 Å². The van der Waals surface area contributed by atoms with Crippen molar-refractivity contribution in [2.24, 2.45) is 5.73 Å². The van der Waals surface area contributed by atoms with Crippen molar-refractivity contribution in [1.29, 1.82) is 0 Å². The minimum atomic E-state index is -0.540. The van der Waals surface area contributed by atoms with E-state index in [1.165, 1.54) is 16.7 Å². The predicted molar refractivity (Wildman–Crippen MR) is 112 cm³/mol. The van der Waals surface area contributed by atoms with Crippen molar-refractivity contribution in [3.8, 4) is 12.3 Å². The highest BCUT2D eigenvalue weighted by molar-refractivity contribution is 7.19. The molecule has 0 aliphatic carbocycles. The maximum atomic E-state index is 11.3. The number of nitrogens with two attached hydrogens (primary N) is 1. The van der Waals surface area contributed by atoms with Crippen LogP contribution in [0.3, 0.4) is 0 Å². The second kappa shape index (κ2) is 9.94. The summed E-state index contributed by atoms with van der Waals surface area (Å²) in [5.74, 6) is 1.80. The number of thiazole rings is 1. The number of unbranched alkanes of at least 4 members (excludes halogenated alkanes) is 1. The number of anilines is 3. The van der Waals surface area contributed by atoms with Crippen molar-refractivity contribution in [2.45, 2.75) is 12.8 Å². The van der Waals surface area contributed by atoms with Crippen LogP contribution in [-0.2, 0) is 4.79 Å². The standard InChI is InChI=1S/C15H14N4OS.C5H6O/c1-17-14-12(13(16)20)19-15(21-14)18-11-7-6-9-4-2-3-5-10(9)8-11;1-2-3-4-5-6/h2-8,17H,1H3,(H2,16,20)(H,18,19);1,5H,3-4H2. The van der Waals surface area contributed by atoms with E-state index in [2.05, 4.69) is 33.7 Å². The number of rotatable bonds is 6. The maximum absolute atomic E-state index is 11.3. The van der Waals surface area contributed by atoms with Gasteiger partial charge < -0.3 is 21.2 Å². The largest absolute Gasteiger partial charge is 0.378 e. The summed E-state index contributed by atoms with van der Waals surface area (Å²) < 4.78 is 0. The molecule has 1 heterocycles. The summed E-state index contributed by atoms with van der Waals surface area (Å²) in [4.78, 5) is 25.0. The number of carbonyl (C=O) groups is 2. The van der Waals surface area contributed by atoms with Crippen LogP contribution in [0.2, 0.25) is 0 Å². The Labute approximate surface area is 161 Å². The molecule has 0 fully saturated rings. The van der Waals surface area contributed by atoms with Gasteiger partial charge in [-0.2, -0.15) is 0 Å². The van der Waals surface area contributed by atoms with Crippen LogP contribution in [0, 0.1) is 12.3 Å². The first-order chi connectivity index (χ1) is 13.1. The molecule has 0 saturated carbocycles. The van der Waals surface area contributed by atoms with E-state index in [9.17, 15) is 9.59 Å². The number of nitrogens with one attached hydrogen (secondary N) is 2. The maximum Gasteiger partial charge on any atom is 0.270 e. The van der Waals surface area contributed by atoms with Crippen molar-refractivity contribution in [1.82, 2.24) is 4.98 Å². The van der Waals surface area contributed by atoms with Gasteiger partial charge in [-0.1, -0.05) is 41.7 Å². The number of terminal acetylenes is 1. The molecular weight excluding hydrogens is 360 g/mol. The van der Waals surface area contributed by atoms with Crippen LogP contribution in [-0.4, -0.2) is 24.2 Å². The zero-order valence-corrected chi connectivity index (χ0v) is 15.7. The predicted octanol–water partition coefficient (Wildman–Crippen LogP) is 3.78. The number of nitrogens with zero attached hydrogens (tertiary/aromatic N) is 1. The molecule has 6 nitrogen and oxygen atoms in total. The summed E-state index contributed by atoms with van der Waals surface area (Å²) in [6.45, 7) is 0. The summed E-state index contributed by atoms with van der Waals surface area (Å²) in [6, 6.07) is 14.2. The highest BCUT2D eigenvalue weighted by Crippen LogP contribution is 2.30. The van der Waals surface area contributed by atoms with Gasteiger partial charge in [0.1, 0.15) is 11.3 Å². The molecule has 1 amide bonds. The monoisotopic (exact) mass is 380 g/mol. The molecule has 0 aliphatic rings. The topological polar surface area (TPSA) is 97.1 Å². The number of amides is 1. The van der Waals surface area contributed by atoms with E-state index in [0.29, 0.717) is 23.0 Å². The van der Waals surface area contributed by atoms with Crippen LogP contribution in [0.15, 0.2) is 42.5 Å². The summed E-state index contributed by atoms with van der Waals surface area (Å²) in [5, 5.41) is 9.74. The molecule has 0 radical (unpaired) electrons. The minimum Gasteiger partial charge on any atom is -0.378 e. The first-order valence-electron chi connectivity index (χ1n) is 8.20. The molecule has 0 unspecified atom stereocenters. The Morgan fingerprint density at radius 3 is 2.59 bits per heavy atom. The molecule has 3 aromatic rings. The lowest BCUT2D eigenvalue weighted by molar-refractivity contribution is -0.107. The van der Waals surface area contributed by atoms with E-state index in [0.717, 1.165) is 17.4 Å². The number of hydrogen-bond donors (Lipinski definition) is 3. The van der Waals surface area contributed by atoms with E-state index >= 15 is 0 Å². The molecule has 0 saturated heterocycles. The van der Waals surface area contributed by atoms with Gasteiger partial charge in [0.15, 0.2) is 10.8 Å². The fraction of sp³-hybridized carbons (Fsp3) is 0.150. The highest BCUT2D eigenvalue weighted by atomic mass is 32.1. The first kappa shape index (κ1) is 19.9. The summed E-state index contributed by atoms with van der Waals surface area (Å²) >= 11 is 1.35. The summed E-state index contributed by atoms with van der Waals surface area (Å²) in [7, 11) is 1.74. The van der Waals surface area contributed by atoms with Gasteiger partial charge in [-0.05, 0) is 22.9 Å². The molecule has 2 aromatic carbocycles. The van der Waals surface area contributed by atoms with Gasteiger partial charge in [0, 0.05) is 25.6 Å². The number of benzene rings is 2. The Hall–Kier alpha value is -3.37. The lowest BCUT2D eigenvalue weighted by atomic mass is 10.1. The summed E-state index contributed by atoms with van der Waals surface area (Å²) in [5.41, 5.74) is 6.48. The fourth-order valence-corrected chi connectivity index (χ4v) is 3.09. The summed E-state index contributed by atoms with van der Waals surface area (Å²) in [6.07, 6.45) is 6.69. The molecule has 4 N–H and O–H groups in total. The van der Waals surface area contributed by atoms with Gasteiger partial charge in [-0.3, -0.25) is 4.79 Å². The smallest absolute Gasteiger partial charge is 0.270 e. The van der Waals surface area contributed by atoms with Crippen molar-refractivity contribution >= 4 is 50.1 Å². The van der Waals surface area contributed by atoms with Gasteiger partial charge in [-0.15, -0.1) is 12.3 Å². The Bertz CT molecular complexity index is 976. The highest BCUT2D eigenvalue weighted by Gasteiger charge is 2.14. The van der Waals surface area contributed by atoms with Crippen molar-refractivity contribution < 1.29 is 9.59 Å². The Morgan fingerprint density at radius 2 is 2.04 bits per heavy atom. The van der Waals surface area contributed by atoms with Crippen LogP contribution < -0.4 is 16.4 Å². The third-order valence-corrected chi connectivity index (χ3v) is 4.48. The minimum absolute atomic E-state index is 0.255.